The molecule has 3 N–H and O–H groups in total. The number of nitrogens with one attached hydrogen (secondary N) is 2. The molecule has 0 aliphatic heterocycles. The number of aliphatic carboxylic acids is 1. The molecule has 98 valence electrons. The lowest BCUT2D eigenvalue weighted by molar-refractivity contribution is -0.150. The average Bonchev–Trinajstić information content (AvgIpc) is 2.22. The van der Waals surface area contributed by atoms with Crippen LogP contribution in [0, 0.1) is 5.92 Å². The number of urea groups is 1. The van der Waals surface area contributed by atoms with Crippen molar-refractivity contribution in [1.29, 1.82) is 0 Å². The van der Waals surface area contributed by atoms with Gasteiger partial charge in [-0.25, -0.2) is 9.59 Å². The quantitative estimate of drug-likeness (QED) is 0.610. The van der Waals surface area contributed by atoms with E-state index in [2.05, 4.69) is 5.32 Å². The highest BCUT2D eigenvalue weighted by molar-refractivity contribution is 5.94. The summed E-state index contributed by atoms with van der Waals surface area (Å²) in [7, 11) is 0. The standard InChI is InChI=1S/C10H18N2O5/c1-6(2)4-11-10(16)12-8(13)5-17-7(3)9(14)15/h6-7H,4-5H2,1-3H3,(H,14,15)(H2,11,12,13,16)/t7-/m0/s1. The Balaban J connectivity index is 3.79. The Morgan fingerprint density at radius 1 is 1.24 bits per heavy atom. The monoisotopic (exact) mass is 246 g/mol. The fraction of sp³-hybridized carbons (Fsp3) is 0.700. The number of hydrogen-bond acceptors (Lipinski definition) is 4. The van der Waals surface area contributed by atoms with Crippen molar-refractivity contribution in [3.63, 3.8) is 0 Å². The molecule has 0 radical (unpaired) electrons. The van der Waals surface area contributed by atoms with Crippen molar-refractivity contribution in [1.82, 2.24) is 10.6 Å². The van der Waals surface area contributed by atoms with E-state index in [1.165, 1.54) is 6.92 Å². The van der Waals surface area contributed by atoms with Gasteiger partial charge in [-0.2, -0.15) is 0 Å². The summed E-state index contributed by atoms with van der Waals surface area (Å²) in [5.41, 5.74) is 0. The van der Waals surface area contributed by atoms with Crippen LogP contribution in [0.15, 0.2) is 0 Å². The van der Waals surface area contributed by atoms with Gasteiger partial charge >= 0.3 is 12.0 Å². The normalized spacial score (nSPS) is 12.0. The predicted octanol–water partition coefficient (Wildman–Crippen LogP) is -0.0421. The van der Waals surface area contributed by atoms with E-state index < -0.39 is 30.6 Å². The molecule has 7 heteroatoms. The first-order valence-corrected chi connectivity index (χ1v) is 5.25. The summed E-state index contributed by atoms with van der Waals surface area (Å²) < 4.78 is 4.70. The van der Waals surface area contributed by atoms with Crippen LogP contribution in [-0.4, -0.2) is 42.3 Å². The zero-order chi connectivity index (χ0) is 13.4. The zero-order valence-electron chi connectivity index (χ0n) is 10.1. The Bertz CT molecular complexity index is 290. The summed E-state index contributed by atoms with van der Waals surface area (Å²) in [5.74, 6) is -1.57. The molecule has 0 aromatic rings. The van der Waals surface area contributed by atoms with Gasteiger partial charge in [0.2, 0.25) is 0 Å². The molecule has 0 rings (SSSR count). The van der Waals surface area contributed by atoms with Crippen LogP contribution >= 0.6 is 0 Å². The van der Waals surface area contributed by atoms with E-state index in [1.54, 1.807) is 0 Å². The number of imide groups is 1. The highest BCUT2D eigenvalue weighted by Gasteiger charge is 2.14. The minimum atomic E-state index is -1.16. The second-order valence-corrected chi connectivity index (χ2v) is 3.94. The number of amides is 3. The number of carboxylic acid groups (broad SMARTS) is 1. The van der Waals surface area contributed by atoms with Crippen LogP contribution in [0.1, 0.15) is 20.8 Å². The molecule has 0 fully saturated rings. The van der Waals surface area contributed by atoms with E-state index in [4.69, 9.17) is 9.84 Å². The van der Waals surface area contributed by atoms with Crippen LogP contribution in [0.2, 0.25) is 0 Å². The molecule has 3 amide bonds. The third-order valence-corrected chi connectivity index (χ3v) is 1.74. The Kier molecular flexibility index (Phi) is 6.88. The van der Waals surface area contributed by atoms with Crippen molar-refractivity contribution in [2.75, 3.05) is 13.2 Å². The van der Waals surface area contributed by atoms with Gasteiger partial charge in [-0.1, -0.05) is 13.8 Å². The first kappa shape index (κ1) is 15.4. The van der Waals surface area contributed by atoms with Crippen LogP contribution < -0.4 is 10.6 Å². The van der Waals surface area contributed by atoms with Crippen molar-refractivity contribution in [3.8, 4) is 0 Å². The van der Waals surface area contributed by atoms with E-state index in [9.17, 15) is 14.4 Å². The van der Waals surface area contributed by atoms with Gasteiger partial charge in [-0.15, -0.1) is 0 Å². The maximum Gasteiger partial charge on any atom is 0.332 e. The first-order valence-electron chi connectivity index (χ1n) is 5.25. The topological polar surface area (TPSA) is 105 Å². The number of carbonyl (C=O) groups is 3. The molecule has 0 bridgehead atoms. The summed E-state index contributed by atoms with van der Waals surface area (Å²) in [6, 6.07) is -0.615. The van der Waals surface area contributed by atoms with Crippen molar-refractivity contribution in [2.24, 2.45) is 5.92 Å². The van der Waals surface area contributed by atoms with Crippen LogP contribution in [-0.2, 0) is 14.3 Å². The van der Waals surface area contributed by atoms with Gasteiger partial charge in [0.15, 0.2) is 6.10 Å². The Labute approximate surface area is 99.5 Å². The fourth-order valence-electron chi connectivity index (χ4n) is 0.776. The molecule has 0 aromatic heterocycles. The van der Waals surface area contributed by atoms with E-state index in [-0.39, 0.29) is 5.92 Å². The molecule has 17 heavy (non-hydrogen) atoms. The third kappa shape index (κ3) is 8.21. The van der Waals surface area contributed by atoms with Gasteiger partial charge in [-0.3, -0.25) is 10.1 Å². The highest BCUT2D eigenvalue weighted by atomic mass is 16.5. The summed E-state index contributed by atoms with van der Waals surface area (Å²) >= 11 is 0. The Morgan fingerprint density at radius 3 is 2.29 bits per heavy atom. The molecule has 0 heterocycles. The van der Waals surface area contributed by atoms with Crippen LogP contribution in [0.4, 0.5) is 4.79 Å². The second-order valence-electron chi connectivity index (χ2n) is 3.94. The molecule has 0 unspecified atom stereocenters. The van der Waals surface area contributed by atoms with Gasteiger partial charge in [0, 0.05) is 6.54 Å². The lowest BCUT2D eigenvalue weighted by Crippen LogP contribution is -2.43. The smallest absolute Gasteiger partial charge is 0.332 e. The highest BCUT2D eigenvalue weighted by Crippen LogP contribution is 1.90. The number of rotatable bonds is 6. The van der Waals surface area contributed by atoms with E-state index in [0.29, 0.717) is 6.54 Å². The molecule has 0 spiro atoms. The first-order chi connectivity index (χ1) is 7.82. The molecule has 0 aliphatic carbocycles. The largest absolute Gasteiger partial charge is 0.479 e. The third-order valence-electron chi connectivity index (χ3n) is 1.74. The zero-order valence-corrected chi connectivity index (χ0v) is 10.1. The number of carboxylic acids is 1. The van der Waals surface area contributed by atoms with Gasteiger partial charge < -0.3 is 15.2 Å². The van der Waals surface area contributed by atoms with E-state index in [0.717, 1.165) is 0 Å². The van der Waals surface area contributed by atoms with Crippen LogP contribution in [0.25, 0.3) is 0 Å². The Hall–Kier alpha value is -1.63. The molecular weight excluding hydrogens is 228 g/mol. The summed E-state index contributed by atoms with van der Waals surface area (Å²) in [4.78, 5) is 32.6. The molecule has 1 atom stereocenters. The minimum absolute atomic E-state index is 0.277. The van der Waals surface area contributed by atoms with Crippen LogP contribution in [0.5, 0.6) is 0 Å². The molecule has 0 aliphatic rings. The maximum absolute atomic E-state index is 11.1. The molecule has 0 saturated heterocycles. The molecule has 0 saturated carbocycles. The van der Waals surface area contributed by atoms with Gasteiger partial charge in [0.1, 0.15) is 6.61 Å². The van der Waals surface area contributed by atoms with E-state index in [1.807, 2.05) is 19.2 Å². The predicted molar refractivity (Wildman–Crippen MR) is 59.4 cm³/mol. The van der Waals surface area contributed by atoms with Gasteiger partial charge in [0.05, 0.1) is 0 Å². The number of hydrogen-bond donors (Lipinski definition) is 3. The van der Waals surface area contributed by atoms with Crippen molar-refractivity contribution in [2.45, 2.75) is 26.9 Å². The minimum Gasteiger partial charge on any atom is -0.479 e. The maximum atomic E-state index is 11.1. The lowest BCUT2D eigenvalue weighted by atomic mass is 10.2. The average molecular weight is 246 g/mol. The van der Waals surface area contributed by atoms with Gasteiger partial charge in [0.25, 0.3) is 5.91 Å². The van der Waals surface area contributed by atoms with Gasteiger partial charge in [-0.05, 0) is 12.8 Å². The van der Waals surface area contributed by atoms with Crippen molar-refractivity contribution >= 4 is 17.9 Å². The molecular formula is C10H18N2O5. The van der Waals surface area contributed by atoms with Crippen molar-refractivity contribution in [3.05, 3.63) is 0 Å². The second kappa shape index (κ2) is 7.61. The van der Waals surface area contributed by atoms with E-state index >= 15 is 0 Å². The molecule has 7 nitrogen and oxygen atoms in total. The lowest BCUT2D eigenvalue weighted by Gasteiger charge is -2.10. The summed E-state index contributed by atoms with van der Waals surface area (Å²) in [5, 5.41) is 13.0. The number of carbonyl (C=O) groups excluding carboxylic acids is 2. The summed E-state index contributed by atoms with van der Waals surface area (Å²) in [6.45, 7) is 5.11. The summed E-state index contributed by atoms with van der Waals surface area (Å²) in [6.07, 6.45) is -1.08. The van der Waals surface area contributed by atoms with Crippen molar-refractivity contribution < 1.29 is 24.2 Å². The Morgan fingerprint density at radius 2 is 1.82 bits per heavy atom. The van der Waals surface area contributed by atoms with Crippen LogP contribution in [0.3, 0.4) is 0 Å². The molecule has 0 aromatic carbocycles. The SMILES string of the molecule is CC(C)CNC(=O)NC(=O)CO[C@@H](C)C(=O)O. The number of ether oxygens (including phenoxy) is 1. The fourth-order valence-corrected chi connectivity index (χ4v) is 0.776.